The average Bonchev–Trinajstić information content (AvgIpc) is 2.86. The summed E-state index contributed by atoms with van der Waals surface area (Å²) >= 11 is 1.75. The highest BCUT2D eigenvalue weighted by Gasteiger charge is 2.07. The number of pyridine rings is 1. The Morgan fingerprint density at radius 3 is 2.32 bits per heavy atom. The van der Waals surface area contributed by atoms with Crippen LogP contribution in [-0.2, 0) is 0 Å². The standard InChI is InChI=1S/C17H15NS/c1-12-6-3-4-7-14(12)15-8-5-9-16(18-15)17-13(2)10-11-19-17/h3-11H,1-2H3. The van der Waals surface area contributed by atoms with E-state index in [-0.39, 0.29) is 0 Å². The molecule has 0 saturated carbocycles. The summed E-state index contributed by atoms with van der Waals surface area (Å²) in [4.78, 5) is 6.08. The molecule has 94 valence electrons. The molecule has 0 fully saturated rings. The summed E-state index contributed by atoms with van der Waals surface area (Å²) in [5, 5.41) is 2.12. The second-order valence-corrected chi connectivity index (χ2v) is 5.57. The molecule has 0 amide bonds. The Morgan fingerprint density at radius 1 is 0.789 bits per heavy atom. The summed E-state index contributed by atoms with van der Waals surface area (Å²) in [6.07, 6.45) is 0. The number of hydrogen-bond acceptors (Lipinski definition) is 2. The van der Waals surface area contributed by atoms with Crippen LogP contribution in [0.5, 0.6) is 0 Å². The summed E-state index contributed by atoms with van der Waals surface area (Å²) in [7, 11) is 0. The highest BCUT2D eigenvalue weighted by Crippen LogP contribution is 2.30. The van der Waals surface area contributed by atoms with Gasteiger partial charge in [0.15, 0.2) is 0 Å². The summed E-state index contributed by atoms with van der Waals surface area (Å²) < 4.78 is 0. The lowest BCUT2D eigenvalue weighted by molar-refractivity contribution is 1.31. The Labute approximate surface area is 117 Å². The first-order chi connectivity index (χ1) is 9.25. The molecule has 0 bridgehead atoms. The van der Waals surface area contributed by atoms with Gasteiger partial charge in [-0.15, -0.1) is 11.3 Å². The molecule has 1 aromatic carbocycles. The molecule has 2 heteroatoms. The molecule has 3 aromatic rings. The topological polar surface area (TPSA) is 12.9 Å². The van der Waals surface area contributed by atoms with E-state index >= 15 is 0 Å². The monoisotopic (exact) mass is 265 g/mol. The van der Waals surface area contributed by atoms with E-state index in [4.69, 9.17) is 4.98 Å². The number of nitrogens with zero attached hydrogens (tertiary/aromatic N) is 1. The zero-order valence-corrected chi connectivity index (χ0v) is 11.9. The molecule has 3 rings (SSSR count). The molecule has 19 heavy (non-hydrogen) atoms. The maximum Gasteiger partial charge on any atom is 0.0811 e. The van der Waals surface area contributed by atoms with Crippen molar-refractivity contribution in [2.75, 3.05) is 0 Å². The van der Waals surface area contributed by atoms with Gasteiger partial charge in [-0.25, -0.2) is 4.98 Å². The maximum atomic E-state index is 4.82. The first kappa shape index (κ1) is 12.1. The lowest BCUT2D eigenvalue weighted by Gasteiger charge is -2.07. The van der Waals surface area contributed by atoms with Gasteiger partial charge in [-0.2, -0.15) is 0 Å². The van der Waals surface area contributed by atoms with Gasteiger partial charge in [0.05, 0.1) is 16.3 Å². The van der Waals surface area contributed by atoms with E-state index in [2.05, 4.69) is 67.8 Å². The van der Waals surface area contributed by atoms with Gasteiger partial charge in [-0.1, -0.05) is 30.3 Å². The van der Waals surface area contributed by atoms with Gasteiger partial charge >= 0.3 is 0 Å². The first-order valence-corrected chi connectivity index (χ1v) is 7.21. The Kier molecular flexibility index (Phi) is 3.18. The summed E-state index contributed by atoms with van der Waals surface area (Å²) in [6.45, 7) is 4.26. The minimum Gasteiger partial charge on any atom is -0.247 e. The van der Waals surface area contributed by atoms with Crippen molar-refractivity contribution < 1.29 is 0 Å². The Hall–Kier alpha value is -1.93. The van der Waals surface area contributed by atoms with Crippen molar-refractivity contribution >= 4 is 11.3 Å². The van der Waals surface area contributed by atoms with Gasteiger partial charge < -0.3 is 0 Å². The van der Waals surface area contributed by atoms with E-state index in [0.717, 1.165) is 11.4 Å². The van der Waals surface area contributed by atoms with Crippen molar-refractivity contribution in [1.29, 1.82) is 0 Å². The zero-order chi connectivity index (χ0) is 13.2. The van der Waals surface area contributed by atoms with Crippen LogP contribution in [0.2, 0.25) is 0 Å². The molecule has 0 aliphatic heterocycles. The normalized spacial score (nSPS) is 10.6. The smallest absolute Gasteiger partial charge is 0.0811 e. The summed E-state index contributed by atoms with van der Waals surface area (Å²) in [6, 6.07) is 16.8. The lowest BCUT2D eigenvalue weighted by Crippen LogP contribution is -1.89. The largest absolute Gasteiger partial charge is 0.247 e. The van der Waals surface area contributed by atoms with Crippen LogP contribution >= 0.6 is 11.3 Å². The summed E-state index contributed by atoms with van der Waals surface area (Å²) in [5.74, 6) is 0. The van der Waals surface area contributed by atoms with E-state index in [0.29, 0.717) is 0 Å². The molecule has 2 heterocycles. The molecule has 0 N–H and O–H groups in total. The van der Waals surface area contributed by atoms with Crippen LogP contribution in [-0.4, -0.2) is 4.98 Å². The number of benzene rings is 1. The molecule has 0 aliphatic rings. The quantitative estimate of drug-likeness (QED) is 0.628. The average molecular weight is 265 g/mol. The SMILES string of the molecule is Cc1ccccc1-c1cccc(-c2sccc2C)n1. The number of thiophene rings is 1. The second-order valence-electron chi connectivity index (χ2n) is 4.66. The molecule has 0 spiro atoms. The van der Waals surface area contributed by atoms with Crippen LogP contribution in [0.4, 0.5) is 0 Å². The number of aryl methyl sites for hydroxylation is 2. The van der Waals surface area contributed by atoms with Gasteiger partial charge in [-0.05, 0) is 48.6 Å². The molecule has 0 atom stereocenters. The molecule has 0 aliphatic carbocycles. The molecule has 0 unspecified atom stereocenters. The van der Waals surface area contributed by atoms with E-state index in [9.17, 15) is 0 Å². The summed E-state index contributed by atoms with van der Waals surface area (Å²) in [5.41, 5.74) is 5.87. The van der Waals surface area contributed by atoms with Crippen molar-refractivity contribution in [3.05, 3.63) is 65.0 Å². The van der Waals surface area contributed by atoms with Gasteiger partial charge in [0, 0.05) is 5.56 Å². The Morgan fingerprint density at radius 2 is 1.58 bits per heavy atom. The molecular formula is C17H15NS. The Bertz CT molecular complexity index is 713. The van der Waals surface area contributed by atoms with Gasteiger partial charge in [0.2, 0.25) is 0 Å². The van der Waals surface area contributed by atoms with Gasteiger partial charge in [-0.3, -0.25) is 0 Å². The van der Waals surface area contributed by atoms with Crippen molar-refractivity contribution in [3.8, 4) is 21.8 Å². The van der Waals surface area contributed by atoms with Crippen molar-refractivity contribution in [2.24, 2.45) is 0 Å². The predicted molar refractivity (Wildman–Crippen MR) is 82.5 cm³/mol. The van der Waals surface area contributed by atoms with E-state index in [1.807, 2.05) is 0 Å². The maximum absolute atomic E-state index is 4.82. The van der Waals surface area contributed by atoms with Crippen LogP contribution in [0.3, 0.4) is 0 Å². The number of hydrogen-bond donors (Lipinski definition) is 0. The van der Waals surface area contributed by atoms with Crippen molar-refractivity contribution in [1.82, 2.24) is 4.98 Å². The zero-order valence-electron chi connectivity index (χ0n) is 11.1. The van der Waals surface area contributed by atoms with Crippen LogP contribution in [0, 0.1) is 13.8 Å². The third kappa shape index (κ3) is 2.32. The van der Waals surface area contributed by atoms with E-state index in [1.54, 1.807) is 11.3 Å². The Balaban J connectivity index is 2.11. The first-order valence-electron chi connectivity index (χ1n) is 6.33. The van der Waals surface area contributed by atoms with Gasteiger partial charge in [0.25, 0.3) is 0 Å². The highest BCUT2D eigenvalue weighted by molar-refractivity contribution is 7.13. The molecule has 0 saturated heterocycles. The minimum atomic E-state index is 1.04. The second kappa shape index (κ2) is 4.98. The lowest BCUT2D eigenvalue weighted by atomic mass is 10.0. The molecular weight excluding hydrogens is 250 g/mol. The van der Waals surface area contributed by atoms with Crippen LogP contribution in [0.1, 0.15) is 11.1 Å². The van der Waals surface area contributed by atoms with Crippen LogP contribution in [0.25, 0.3) is 21.8 Å². The molecule has 2 aromatic heterocycles. The third-order valence-corrected chi connectivity index (χ3v) is 4.30. The van der Waals surface area contributed by atoms with Crippen LogP contribution in [0.15, 0.2) is 53.9 Å². The molecule has 0 radical (unpaired) electrons. The predicted octanol–water partition coefficient (Wildman–Crippen LogP) is 5.09. The van der Waals surface area contributed by atoms with Gasteiger partial charge in [0.1, 0.15) is 0 Å². The third-order valence-electron chi connectivity index (χ3n) is 3.26. The number of rotatable bonds is 2. The number of aromatic nitrogens is 1. The molecule has 1 nitrogen and oxygen atoms in total. The highest BCUT2D eigenvalue weighted by atomic mass is 32.1. The van der Waals surface area contributed by atoms with Crippen LogP contribution < -0.4 is 0 Å². The fourth-order valence-electron chi connectivity index (χ4n) is 2.21. The fraction of sp³-hybridized carbons (Fsp3) is 0.118. The van der Waals surface area contributed by atoms with Crippen molar-refractivity contribution in [3.63, 3.8) is 0 Å². The van der Waals surface area contributed by atoms with Crippen molar-refractivity contribution in [2.45, 2.75) is 13.8 Å². The van der Waals surface area contributed by atoms with E-state index in [1.165, 1.54) is 21.6 Å². The fourth-order valence-corrected chi connectivity index (χ4v) is 3.10. The minimum absolute atomic E-state index is 1.04. The van der Waals surface area contributed by atoms with E-state index < -0.39 is 0 Å².